The van der Waals surface area contributed by atoms with Crippen LogP contribution < -0.4 is 11.2 Å². The summed E-state index contributed by atoms with van der Waals surface area (Å²) in [4.78, 5) is 26.6. The number of hydrogen-bond donors (Lipinski definition) is 1. The molecule has 0 bridgehead atoms. The number of phenols is 1. The number of aryl methyl sites for hydroxylation is 2. The third-order valence-electron chi connectivity index (χ3n) is 7.05. The molecule has 0 fully saturated rings. The highest BCUT2D eigenvalue weighted by Gasteiger charge is 2.35. The van der Waals surface area contributed by atoms with Gasteiger partial charge in [0.05, 0.1) is 28.9 Å². The summed E-state index contributed by atoms with van der Waals surface area (Å²) in [5.74, 6) is 0.113. The first kappa shape index (κ1) is 21.4. The van der Waals surface area contributed by atoms with Crippen molar-refractivity contribution in [3.63, 3.8) is 0 Å². The second-order valence-corrected chi connectivity index (χ2v) is 9.15. The van der Waals surface area contributed by atoms with E-state index in [0.29, 0.717) is 35.3 Å². The van der Waals surface area contributed by atoms with Crippen molar-refractivity contribution in [3.8, 4) is 17.0 Å². The Labute approximate surface area is 201 Å². The Balaban J connectivity index is 1.80. The lowest BCUT2D eigenvalue weighted by Crippen LogP contribution is -2.37. The lowest BCUT2D eigenvalue weighted by atomic mass is 9.96. The van der Waals surface area contributed by atoms with E-state index in [9.17, 15) is 14.7 Å². The first-order valence-electron chi connectivity index (χ1n) is 11.6. The van der Waals surface area contributed by atoms with Crippen LogP contribution in [-0.2, 0) is 25.4 Å². The lowest BCUT2D eigenvalue weighted by molar-refractivity contribution is 0.0474. The van der Waals surface area contributed by atoms with Crippen LogP contribution in [0.2, 0.25) is 0 Å². The second-order valence-electron chi connectivity index (χ2n) is 9.15. The van der Waals surface area contributed by atoms with Crippen LogP contribution in [0.25, 0.3) is 32.9 Å². The molecule has 0 unspecified atom stereocenters. The number of phenolic OH excluding ortho intramolecular Hbond substituents is 1. The van der Waals surface area contributed by atoms with Crippen molar-refractivity contribution in [1.82, 2.24) is 13.7 Å². The number of benzene rings is 3. The maximum atomic E-state index is 13.6. The normalized spacial score (nSPS) is 15.6. The van der Waals surface area contributed by atoms with Gasteiger partial charge >= 0.3 is 5.69 Å². The summed E-state index contributed by atoms with van der Waals surface area (Å²) >= 11 is 0. The van der Waals surface area contributed by atoms with Crippen molar-refractivity contribution < 1.29 is 9.84 Å². The molecule has 3 heterocycles. The largest absolute Gasteiger partial charge is 0.508 e. The summed E-state index contributed by atoms with van der Waals surface area (Å²) < 4.78 is 11.1. The predicted octanol–water partition coefficient (Wildman–Crippen LogP) is 3.99. The van der Waals surface area contributed by atoms with Crippen LogP contribution in [0, 0.1) is 6.92 Å². The van der Waals surface area contributed by atoms with Gasteiger partial charge in [-0.05, 0) is 35.4 Å². The molecule has 0 saturated carbocycles. The van der Waals surface area contributed by atoms with Crippen LogP contribution >= 0.6 is 0 Å². The number of rotatable bonds is 2. The van der Waals surface area contributed by atoms with Gasteiger partial charge in [-0.1, -0.05) is 54.1 Å². The summed E-state index contributed by atoms with van der Waals surface area (Å²) in [6.07, 6.45) is -0.659. The first-order valence-corrected chi connectivity index (χ1v) is 11.6. The molecule has 0 spiro atoms. The molecule has 1 atom stereocenters. The predicted molar refractivity (Wildman–Crippen MR) is 136 cm³/mol. The Bertz CT molecular complexity index is 1770. The van der Waals surface area contributed by atoms with Crippen LogP contribution in [0.4, 0.5) is 0 Å². The minimum absolute atomic E-state index is 0.113. The SMILES string of the molecule is Cc1cccc(-c2c3c(=O)n(C)c(=O)n(C)c3c3n2CCO[C@H]3c2c(O)ccc3ccccc23)c1. The van der Waals surface area contributed by atoms with Gasteiger partial charge in [-0.15, -0.1) is 0 Å². The first-order chi connectivity index (χ1) is 16.9. The molecule has 0 radical (unpaired) electrons. The Morgan fingerprint density at radius 1 is 0.971 bits per heavy atom. The maximum absolute atomic E-state index is 13.6. The van der Waals surface area contributed by atoms with E-state index in [-0.39, 0.29) is 11.3 Å². The van der Waals surface area contributed by atoms with Gasteiger partial charge in [0.2, 0.25) is 0 Å². The molecule has 3 aromatic carbocycles. The van der Waals surface area contributed by atoms with Gasteiger partial charge in [-0.3, -0.25) is 13.9 Å². The molecular formula is C28H25N3O4. The summed E-state index contributed by atoms with van der Waals surface area (Å²) in [5, 5.41) is 13.3. The number of hydrogen-bond acceptors (Lipinski definition) is 4. The zero-order valence-electron chi connectivity index (χ0n) is 19.8. The van der Waals surface area contributed by atoms with Gasteiger partial charge in [-0.2, -0.15) is 0 Å². The van der Waals surface area contributed by atoms with Crippen molar-refractivity contribution in [2.45, 2.75) is 19.6 Å². The third-order valence-corrected chi connectivity index (χ3v) is 7.05. The van der Waals surface area contributed by atoms with Crippen LogP contribution in [0.15, 0.2) is 70.3 Å². The van der Waals surface area contributed by atoms with E-state index in [2.05, 4.69) is 4.57 Å². The van der Waals surface area contributed by atoms with Gasteiger partial charge < -0.3 is 14.4 Å². The van der Waals surface area contributed by atoms with E-state index in [1.807, 2.05) is 61.5 Å². The van der Waals surface area contributed by atoms with Gasteiger partial charge in [-0.25, -0.2) is 4.79 Å². The number of ether oxygens (including phenoxy) is 1. The molecule has 176 valence electrons. The number of aromatic hydroxyl groups is 1. The fourth-order valence-electron chi connectivity index (χ4n) is 5.45. The van der Waals surface area contributed by atoms with Gasteiger partial charge in [0.1, 0.15) is 11.9 Å². The monoisotopic (exact) mass is 467 g/mol. The highest BCUT2D eigenvalue weighted by molar-refractivity contribution is 5.97. The molecule has 7 heteroatoms. The zero-order chi connectivity index (χ0) is 24.4. The third kappa shape index (κ3) is 3.01. The molecule has 5 aromatic rings. The van der Waals surface area contributed by atoms with E-state index in [1.165, 1.54) is 11.6 Å². The molecule has 0 amide bonds. The lowest BCUT2D eigenvalue weighted by Gasteiger charge is -2.29. The van der Waals surface area contributed by atoms with E-state index in [1.54, 1.807) is 13.1 Å². The molecule has 1 aliphatic heterocycles. The summed E-state index contributed by atoms with van der Waals surface area (Å²) in [5.41, 5.74) is 3.86. The molecule has 0 aliphatic carbocycles. The zero-order valence-corrected chi connectivity index (χ0v) is 19.8. The standard InChI is InChI=1S/C28H25N3O4/c1-16-7-6-9-18(15-16)23-22-24(29(2)28(34)30(3)27(22)33)25-26(35-14-13-31(23)25)21-19-10-5-4-8-17(19)11-12-20(21)32/h4-12,15,26,32H,13-14H2,1-3H3/t26-/m0/s1. The van der Waals surface area contributed by atoms with Crippen LogP contribution in [0.3, 0.4) is 0 Å². The van der Waals surface area contributed by atoms with E-state index < -0.39 is 11.8 Å². The fraction of sp³-hybridized carbons (Fsp3) is 0.214. The molecule has 0 saturated heterocycles. The fourth-order valence-corrected chi connectivity index (χ4v) is 5.45. The van der Waals surface area contributed by atoms with Crippen molar-refractivity contribution in [3.05, 3.63) is 98.3 Å². The summed E-state index contributed by atoms with van der Waals surface area (Å²) in [6, 6.07) is 19.4. The van der Waals surface area contributed by atoms with Crippen LogP contribution in [-0.4, -0.2) is 25.4 Å². The summed E-state index contributed by atoms with van der Waals surface area (Å²) in [6.45, 7) is 2.93. The highest BCUT2D eigenvalue weighted by Crippen LogP contribution is 2.44. The molecule has 7 nitrogen and oxygen atoms in total. The van der Waals surface area contributed by atoms with Gasteiger partial charge in [0.15, 0.2) is 0 Å². The van der Waals surface area contributed by atoms with E-state index in [4.69, 9.17) is 4.74 Å². The quantitative estimate of drug-likeness (QED) is 0.426. The Kier molecular flexibility index (Phi) is 4.72. The number of aromatic nitrogens is 3. The van der Waals surface area contributed by atoms with Gasteiger partial charge in [0.25, 0.3) is 5.56 Å². The Hall–Kier alpha value is -4.10. The average molecular weight is 468 g/mol. The average Bonchev–Trinajstić information content (AvgIpc) is 3.22. The minimum atomic E-state index is -0.659. The molecule has 35 heavy (non-hydrogen) atoms. The van der Waals surface area contributed by atoms with Crippen LogP contribution in [0.1, 0.15) is 22.9 Å². The van der Waals surface area contributed by atoms with Crippen molar-refractivity contribution in [1.29, 1.82) is 0 Å². The van der Waals surface area contributed by atoms with Crippen LogP contribution in [0.5, 0.6) is 5.75 Å². The second kappa shape index (κ2) is 7.71. The number of fused-ring (bicyclic) bond motifs is 4. The highest BCUT2D eigenvalue weighted by atomic mass is 16.5. The Morgan fingerprint density at radius 3 is 2.57 bits per heavy atom. The van der Waals surface area contributed by atoms with Gasteiger partial charge in [0, 0.05) is 26.2 Å². The molecule has 1 N–H and O–H groups in total. The summed E-state index contributed by atoms with van der Waals surface area (Å²) in [7, 11) is 3.19. The minimum Gasteiger partial charge on any atom is -0.508 e. The number of nitrogens with zero attached hydrogens (tertiary/aromatic N) is 3. The molecule has 2 aromatic heterocycles. The molecule has 6 rings (SSSR count). The van der Waals surface area contributed by atoms with Crippen molar-refractivity contribution >= 4 is 21.7 Å². The Morgan fingerprint density at radius 2 is 1.77 bits per heavy atom. The van der Waals surface area contributed by atoms with E-state index in [0.717, 1.165) is 32.2 Å². The maximum Gasteiger partial charge on any atom is 0.331 e. The molecule has 1 aliphatic rings. The smallest absolute Gasteiger partial charge is 0.331 e. The van der Waals surface area contributed by atoms with Crippen molar-refractivity contribution in [2.75, 3.05) is 6.61 Å². The van der Waals surface area contributed by atoms with Crippen molar-refractivity contribution in [2.24, 2.45) is 14.1 Å². The topological polar surface area (TPSA) is 78.4 Å². The van der Waals surface area contributed by atoms with E-state index >= 15 is 0 Å². The molecular weight excluding hydrogens is 442 g/mol.